The van der Waals surface area contributed by atoms with Crippen molar-refractivity contribution >= 4 is 54.3 Å². The zero-order chi connectivity index (χ0) is 32.3. The second-order valence-corrected chi connectivity index (χ2v) is 12.4. The second-order valence-electron chi connectivity index (χ2n) is 12.4. The number of hydrogen-bond donors (Lipinski definition) is 0. The smallest absolute Gasteiger partial charge is 0.164 e. The molecule has 0 aliphatic rings. The highest BCUT2D eigenvalue weighted by Gasteiger charge is 2.18. The quantitative estimate of drug-likeness (QED) is 0.195. The Bertz CT molecular complexity index is 2800. The molecule has 4 nitrogen and oxygen atoms in total. The molecule has 0 fully saturated rings. The fraction of sp³-hybridized carbons (Fsp3) is 0. The maximum Gasteiger partial charge on any atom is 0.164 e. The van der Waals surface area contributed by atoms with E-state index in [9.17, 15) is 0 Å². The number of nitrogens with zero attached hydrogens (tertiary/aromatic N) is 3. The van der Waals surface area contributed by atoms with Crippen molar-refractivity contribution in [3.8, 4) is 45.3 Å². The highest BCUT2D eigenvalue weighted by Crippen LogP contribution is 2.39. The Hall–Kier alpha value is -6.65. The Labute approximate surface area is 282 Å². The van der Waals surface area contributed by atoms with E-state index >= 15 is 0 Å². The average molecular weight is 626 g/mol. The van der Waals surface area contributed by atoms with Crippen molar-refractivity contribution in [2.45, 2.75) is 0 Å². The normalized spacial score (nSPS) is 11.7. The van der Waals surface area contributed by atoms with Gasteiger partial charge in [-0.1, -0.05) is 133 Å². The molecule has 0 radical (unpaired) electrons. The topological polar surface area (TPSA) is 51.8 Å². The highest BCUT2D eigenvalue weighted by molar-refractivity contribution is 6.10. The summed E-state index contributed by atoms with van der Waals surface area (Å²) in [6.07, 6.45) is 0. The molecular weight excluding hydrogens is 599 g/mol. The van der Waals surface area contributed by atoms with Gasteiger partial charge in [0.2, 0.25) is 0 Å². The minimum Gasteiger partial charge on any atom is -0.456 e. The number of furan rings is 1. The minimum atomic E-state index is 0.634. The number of benzene rings is 8. The molecule has 10 aromatic rings. The largest absolute Gasteiger partial charge is 0.456 e. The summed E-state index contributed by atoms with van der Waals surface area (Å²) >= 11 is 0. The lowest BCUT2D eigenvalue weighted by atomic mass is 9.93. The molecule has 4 heteroatoms. The molecule has 0 unspecified atom stereocenters. The Morgan fingerprint density at radius 2 is 0.857 bits per heavy atom. The molecule has 0 aliphatic heterocycles. The van der Waals surface area contributed by atoms with E-state index in [-0.39, 0.29) is 0 Å². The summed E-state index contributed by atoms with van der Waals surface area (Å²) in [6, 6.07) is 57.0. The van der Waals surface area contributed by atoms with Crippen LogP contribution in [0.4, 0.5) is 0 Å². The fourth-order valence-electron chi connectivity index (χ4n) is 7.07. The van der Waals surface area contributed by atoms with Crippen LogP contribution in [-0.4, -0.2) is 15.0 Å². The van der Waals surface area contributed by atoms with E-state index in [2.05, 4.69) is 152 Å². The van der Waals surface area contributed by atoms with Gasteiger partial charge in [0, 0.05) is 32.8 Å². The molecule has 0 atom stereocenters. The van der Waals surface area contributed by atoms with Crippen molar-refractivity contribution in [3.63, 3.8) is 0 Å². The third-order valence-electron chi connectivity index (χ3n) is 9.48. The van der Waals surface area contributed by atoms with E-state index in [1.54, 1.807) is 0 Å². The van der Waals surface area contributed by atoms with E-state index in [4.69, 9.17) is 19.4 Å². The molecule has 2 aromatic heterocycles. The van der Waals surface area contributed by atoms with E-state index in [0.717, 1.165) is 71.3 Å². The molecule has 8 aromatic carbocycles. The van der Waals surface area contributed by atoms with Crippen molar-refractivity contribution in [2.75, 3.05) is 0 Å². The van der Waals surface area contributed by atoms with Gasteiger partial charge in [-0.25, -0.2) is 15.0 Å². The molecule has 2 heterocycles. The lowest BCUT2D eigenvalue weighted by Crippen LogP contribution is -2.01. The highest BCUT2D eigenvalue weighted by atomic mass is 16.3. The average Bonchev–Trinajstić information content (AvgIpc) is 3.55. The first-order chi connectivity index (χ1) is 24.2. The van der Waals surface area contributed by atoms with Gasteiger partial charge in [0.1, 0.15) is 11.2 Å². The molecule has 0 saturated heterocycles. The molecule has 0 N–H and O–H groups in total. The fourth-order valence-corrected chi connectivity index (χ4v) is 7.07. The Morgan fingerprint density at radius 3 is 1.55 bits per heavy atom. The summed E-state index contributed by atoms with van der Waals surface area (Å²) in [5.41, 5.74) is 6.83. The van der Waals surface area contributed by atoms with Gasteiger partial charge in [0.25, 0.3) is 0 Å². The summed E-state index contributed by atoms with van der Waals surface area (Å²) < 4.78 is 6.16. The Balaban J connectivity index is 1.22. The lowest BCUT2D eigenvalue weighted by Gasteiger charge is -2.14. The van der Waals surface area contributed by atoms with E-state index in [0.29, 0.717) is 17.5 Å². The molecule has 0 aliphatic carbocycles. The van der Waals surface area contributed by atoms with Crippen LogP contribution in [0.25, 0.3) is 99.5 Å². The van der Waals surface area contributed by atoms with Gasteiger partial charge in [0.05, 0.1) is 0 Å². The van der Waals surface area contributed by atoms with Crippen LogP contribution in [-0.2, 0) is 0 Å². The van der Waals surface area contributed by atoms with Gasteiger partial charge in [0.15, 0.2) is 17.5 Å². The summed E-state index contributed by atoms with van der Waals surface area (Å²) in [5.74, 6) is 1.91. The maximum absolute atomic E-state index is 6.16. The molecule has 0 spiro atoms. The second kappa shape index (κ2) is 11.0. The third-order valence-corrected chi connectivity index (χ3v) is 9.48. The van der Waals surface area contributed by atoms with E-state index in [1.807, 2.05) is 12.1 Å². The van der Waals surface area contributed by atoms with Crippen LogP contribution in [0.5, 0.6) is 0 Å². The van der Waals surface area contributed by atoms with Crippen LogP contribution in [0, 0.1) is 0 Å². The molecule has 228 valence electrons. The third kappa shape index (κ3) is 4.65. The van der Waals surface area contributed by atoms with Crippen LogP contribution < -0.4 is 0 Å². The van der Waals surface area contributed by atoms with Gasteiger partial charge < -0.3 is 4.42 Å². The SMILES string of the molecule is c1ccc2cc(-c3nc(-c4ccc5ccccc5c4)nc(-c4cccc5cccc(-c6ccc7oc8ccccc8c7c6)c45)n3)ccc2c1. The molecule has 49 heavy (non-hydrogen) atoms. The molecule has 0 saturated carbocycles. The summed E-state index contributed by atoms with van der Waals surface area (Å²) in [5, 5.41) is 9.06. The molecular formula is C45H27N3O. The standard InChI is InChI=1S/C45H27N3O/c1-3-11-31-25-34(21-19-28(31)9-1)43-46-44(35-22-20-29-10-2-4-12-32(29)26-35)48-45(47-43)38-17-8-14-30-13-7-16-36(42(30)38)33-23-24-41-39(27-33)37-15-5-6-18-40(37)49-41/h1-27H. The summed E-state index contributed by atoms with van der Waals surface area (Å²) in [6.45, 7) is 0. The van der Waals surface area contributed by atoms with Crippen molar-refractivity contribution < 1.29 is 4.42 Å². The zero-order valence-corrected chi connectivity index (χ0v) is 26.3. The van der Waals surface area contributed by atoms with Crippen LogP contribution >= 0.6 is 0 Å². The zero-order valence-electron chi connectivity index (χ0n) is 26.3. The van der Waals surface area contributed by atoms with Crippen LogP contribution in [0.3, 0.4) is 0 Å². The predicted molar refractivity (Wildman–Crippen MR) is 201 cm³/mol. The van der Waals surface area contributed by atoms with Gasteiger partial charge in [-0.3, -0.25) is 0 Å². The van der Waals surface area contributed by atoms with Crippen LogP contribution in [0.15, 0.2) is 168 Å². The van der Waals surface area contributed by atoms with Crippen molar-refractivity contribution in [3.05, 3.63) is 164 Å². The monoisotopic (exact) mass is 625 g/mol. The van der Waals surface area contributed by atoms with Gasteiger partial charge in [-0.05, 0) is 68.4 Å². The molecule has 0 bridgehead atoms. The summed E-state index contributed by atoms with van der Waals surface area (Å²) in [7, 11) is 0. The number of fused-ring (bicyclic) bond motifs is 6. The number of rotatable bonds is 4. The van der Waals surface area contributed by atoms with Crippen molar-refractivity contribution in [1.29, 1.82) is 0 Å². The van der Waals surface area contributed by atoms with Gasteiger partial charge in [-0.15, -0.1) is 0 Å². The Morgan fingerprint density at radius 1 is 0.327 bits per heavy atom. The predicted octanol–water partition coefficient (Wildman–Crippen LogP) is 11.9. The molecule has 10 rings (SSSR count). The van der Waals surface area contributed by atoms with E-state index in [1.165, 1.54) is 10.8 Å². The first-order valence-electron chi connectivity index (χ1n) is 16.4. The number of hydrogen-bond acceptors (Lipinski definition) is 4. The summed E-state index contributed by atoms with van der Waals surface area (Å²) in [4.78, 5) is 15.5. The van der Waals surface area contributed by atoms with E-state index < -0.39 is 0 Å². The number of para-hydroxylation sites is 1. The number of aromatic nitrogens is 3. The lowest BCUT2D eigenvalue weighted by molar-refractivity contribution is 0.669. The Kier molecular flexibility index (Phi) is 6.15. The minimum absolute atomic E-state index is 0.634. The molecule has 0 amide bonds. The first kappa shape index (κ1) is 27.5. The van der Waals surface area contributed by atoms with Crippen LogP contribution in [0.2, 0.25) is 0 Å². The van der Waals surface area contributed by atoms with Crippen molar-refractivity contribution in [1.82, 2.24) is 15.0 Å². The van der Waals surface area contributed by atoms with Gasteiger partial charge >= 0.3 is 0 Å². The van der Waals surface area contributed by atoms with Crippen LogP contribution in [0.1, 0.15) is 0 Å². The van der Waals surface area contributed by atoms with Gasteiger partial charge in [-0.2, -0.15) is 0 Å². The first-order valence-corrected chi connectivity index (χ1v) is 16.4. The van der Waals surface area contributed by atoms with Crippen molar-refractivity contribution in [2.24, 2.45) is 0 Å². The maximum atomic E-state index is 6.16.